The molecular weight excluding hydrogens is 803 g/mol. The fourth-order valence-corrected chi connectivity index (χ4v) is 10.5. The molecule has 0 atom stereocenters. The molecule has 0 aliphatic heterocycles. The summed E-state index contributed by atoms with van der Waals surface area (Å²) in [5.41, 5.74) is 16.6. The fraction of sp³-hybridized carbons (Fsp3) is 0.0484. The maximum atomic E-state index is 6.54. The molecule has 66 heavy (non-hydrogen) atoms. The van der Waals surface area contributed by atoms with Crippen molar-refractivity contribution in [3.05, 3.63) is 223 Å². The molecular formula is C62H41N3O. The van der Waals surface area contributed by atoms with Crippen molar-refractivity contribution in [3.63, 3.8) is 0 Å². The number of benzene rings is 10. The Balaban J connectivity index is 0.891. The first-order chi connectivity index (χ1) is 32.5. The zero-order valence-electron chi connectivity index (χ0n) is 36.5. The Morgan fingerprint density at radius 2 is 0.803 bits per heavy atom. The minimum atomic E-state index is -0.139. The van der Waals surface area contributed by atoms with Gasteiger partial charge in [-0.3, -0.25) is 0 Å². The van der Waals surface area contributed by atoms with Crippen LogP contribution in [0.1, 0.15) is 25.0 Å². The molecule has 1 aliphatic rings. The molecule has 0 N–H and O–H groups in total. The Bertz CT molecular complexity index is 3890. The van der Waals surface area contributed by atoms with Crippen molar-refractivity contribution >= 4 is 43.5 Å². The molecule has 0 bridgehead atoms. The van der Waals surface area contributed by atoms with Crippen LogP contribution < -0.4 is 0 Å². The summed E-state index contributed by atoms with van der Waals surface area (Å²) >= 11 is 0. The van der Waals surface area contributed by atoms with Crippen LogP contribution in [0.2, 0.25) is 0 Å². The van der Waals surface area contributed by atoms with Crippen LogP contribution in [-0.2, 0) is 5.41 Å². The SMILES string of the molecule is CC1(C)c2ccccc2-c2ccc(-c3nc(-c4ccccc4)nc(-c4ccc(-c5cccc6oc7ccc(-c8cccc9c8ccc8c(-c%10ccccc%10)cccc89)cc7c56)cc4)n3)cc21. The maximum Gasteiger partial charge on any atom is 0.164 e. The second-order valence-electron chi connectivity index (χ2n) is 17.9. The van der Waals surface area contributed by atoms with Gasteiger partial charge in [0, 0.05) is 32.9 Å². The zero-order chi connectivity index (χ0) is 43.9. The van der Waals surface area contributed by atoms with E-state index >= 15 is 0 Å². The summed E-state index contributed by atoms with van der Waals surface area (Å²) in [4.78, 5) is 15.3. The van der Waals surface area contributed by atoms with E-state index in [9.17, 15) is 0 Å². The summed E-state index contributed by atoms with van der Waals surface area (Å²) in [5.74, 6) is 1.92. The number of nitrogens with zero attached hydrogens (tertiary/aromatic N) is 3. The van der Waals surface area contributed by atoms with Gasteiger partial charge in [0.2, 0.25) is 0 Å². The van der Waals surface area contributed by atoms with Crippen LogP contribution in [0.4, 0.5) is 0 Å². The molecule has 1 aliphatic carbocycles. The molecule has 2 aromatic heterocycles. The topological polar surface area (TPSA) is 51.8 Å². The summed E-state index contributed by atoms with van der Waals surface area (Å²) in [5, 5.41) is 7.14. The van der Waals surface area contributed by atoms with Gasteiger partial charge in [0.1, 0.15) is 11.2 Å². The van der Waals surface area contributed by atoms with Gasteiger partial charge in [0.25, 0.3) is 0 Å². The van der Waals surface area contributed by atoms with Gasteiger partial charge in [-0.2, -0.15) is 0 Å². The first-order valence-corrected chi connectivity index (χ1v) is 22.6. The van der Waals surface area contributed by atoms with E-state index in [0.717, 1.165) is 55.3 Å². The molecule has 4 nitrogen and oxygen atoms in total. The van der Waals surface area contributed by atoms with Gasteiger partial charge in [-0.15, -0.1) is 0 Å². The third-order valence-electron chi connectivity index (χ3n) is 13.8. The molecule has 0 radical (unpaired) electrons. The van der Waals surface area contributed by atoms with Crippen LogP contribution in [0.5, 0.6) is 0 Å². The van der Waals surface area contributed by atoms with E-state index in [-0.39, 0.29) is 5.41 Å². The molecule has 0 spiro atoms. The monoisotopic (exact) mass is 843 g/mol. The van der Waals surface area contributed by atoms with Crippen LogP contribution in [-0.4, -0.2) is 15.0 Å². The van der Waals surface area contributed by atoms with Crippen molar-refractivity contribution in [1.82, 2.24) is 15.0 Å². The highest BCUT2D eigenvalue weighted by Gasteiger charge is 2.35. The molecule has 310 valence electrons. The van der Waals surface area contributed by atoms with Crippen molar-refractivity contribution in [1.29, 1.82) is 0 Å². The van der Waals surface area contributed by atoms with E-state index in [2.05, 4.69) is 208 Å². The highest BCUT2D eigenvalue weighted by atomic mass is 16.3. The molecule has 10 aromatic carbocycles. The summed E-state index contributed by atoms with van der Waals surface area (Å²) in [6.07, 6.45) is 0. The zero-order valence-corrected chi connectivity index (χ0v) is 36.5. The first-order valence-electron chi connectivity index (χ1n) is 22.6. The van der Waals surface area contributed by atoms with Gasteiger partial charge in [-0.25, -0.2) is 15.0 Å². The smallest absolute Gasteiger partial charge is 0.164 e. The number of aromatic nitrogens is 3. The third kappa shape index (κ3) is 6.03. The van der Waals surface area contributed by atoms with Crippen LogP contribution in [0.15, 0.2) is 217 Å². The second-order valence-corrected chi connectivity index (χ2v) is 17.9. The van der Waals surface area contributed by atoms with E-state index in [4.69, 9.17) is 19.4 Å². The maximum absolute atomic E-state index is 6.54. The van der Waals surface area contributed by atoms with Crippen molar-refractivity contribution in [2.24, 2.45) is 0 Å². The van der Waals surface area contributed by atoms with Crippen LogP contribution in [0, 0.1) is 0 Å². The Morgan fingerprint density at radius 3 is 1.52 bits per heavy atom. The van der Waals surface area contributed by atoms with Crippen LogP contribution >= 0.6 is 0 Å². The quantitative estimate of drug-likeness (QED) is 0.157. The predicted octanol–water partition coefficient (Wildman–Crippen LogP) is 16.4. The minimum absolute atomic E-state index is 0.139. The molecule has 13 rings (SSSR count). The van der Waals surface area contributed by atoms with Gasteiger partial charge in [-0.05, 0) is 101 Å². The molecule has 0 saturated carbocycles. The van der Waals surface area contributed by atoms with Crippen molar-refractivity contribution in [2.75, 3.05) is 0 Å². The first kappa shape index (κ1) is 38.0. The Kier molecular flexibility index (Phi) is 8.53. The summed E-state index contributed by atoms with van der Waals surface area (Å²) in [7, 11) is 0. The fourth-order valence-electron chi connectivity index (χ4n) is 10.5. The minimum Gasteiger partial charge on any atom is -0.456 e. The van der Waals surface area contributed by atoms with Crippen LogP contribution in [0.3, 0.4) is 0 Å². The van der Waals surface area contributed by atoms with E-state index in [1.807, 2.05) is 18.2 Å². The summed E-state index contributed by atoms with van der Waals surface area (Å²) in [6, 6.07) is 75.6. The van der Waals surface area contributed by atoms with Gasteiger partial charge in [-0.1, -0.05) is 202 Å². The summed E-state index contributed by atoms with van der Waals surface area (Å²) in [6.45, 7) is 4.60. The normalized spacial score (nSPS) is 12.8. The largest absolute Gasteiger partial charge is 0.456 e. The van der Waals surface area contributed by atoms with Gasteiger partial charge in [0.15, 0.2) is 17.5 Å². The van der Waals surface area contributed by atoms with Crippen LogP contribution in [0.25, 0.3) is 122 Å². The lowest BCUT2D eigenvalue weighted by molar-refractivity contribution is 0.660. The van der Waals surface area contributed by atoms with E-state index in [0.29, 0.717) is 17.5 Å². The molecule has 0 unspecified atom stereocenters. The number of fused-ring (bicyclic) bond motifs is 9. The van der Waals surface area contributed by atoms with Crippen molar-refractivity contribution < 1.29 is 4.42 Å². The lowest BCUT2D eigenvalue weighted by Crippen LogP contribution is -2.15. The molecule has 0 amide bonds. The predicted molar refractivity (Wildman–Crippen MR) is 272 cm³/mol. The molecule has 0 saturated heterocycles. The lowest BCUT2D eigenvalue weighted by atomic mass is 9.82. The van der Waals surface area contributed by atoms with Crippen molar-refractivity contribution in [3.8, 4) is 78.7 Å². The van der Waals surface area contributed by atoms with E-state index in [1.165, 1.54) is 60.5 Å². The number of furan rings is 1. The third-order valence-corrected chi connectivity index (χ3v) is 13.8. The lowest BCUT2D eigenvalue weighted by Gasteiger charge is -2.21. The average Bonchev–Trinajstić information content (AvgIpc) is 3.87. The molecule has 4 heteroatoms. The van der Waals surface area contributed by atoms with Crippen molar-refractivity contribution in [2.45, 2.75) is 19.3 Å². The number of hydrogen-bond donors (Lipinski definition) is 0. The highest BCUT2D eigenvalue weighted by Crippen LogP contribution is 2.49. The summed E-state index contributed by atoms with van der Waals surface area (Å²) < 4.78 is 6.54. The number of rotatable bonds is 6. The van der Waals surface area contributed by atoms with Gasteiger partial charge >= 0.3 is 0 Å². The second kappa shape index (κ2) is 14.8. The van der Waals surface area contributed by atoms with Gasteiger partial charge < -0.3 is 4.42 Å². The molecule has 0 fully saturated rings. The Hall–Kier alpha value is -8.47. The highest BCUT2D eigenvalue weighted by molar-refractivity contribution is 6.17. The Labute approximate surface area is 382 Å². The standard InChI is InChI=1S/C62H41N3O/c1-62(2)54-24-10-9-18-51(54)52-32-30-43(37-55(52)62)61-64-59(40-16-7-4-8-17-40)63-60(65-61)41-28-26-39(27-29-41)46-21-13-25-57-58(46)53-36-42(31-35-56(53)66-57)45-20-12-23-48-47-22-11-19-44(38-14-5-3-6-15-38)49(47)33-34-50(45)48/h3-37H,1-2H3. The average molecular weight is 844 g/mol. The van der Waals surface area contributed by atoms with E-state index < -0.39 is 0 Å². The number of hydrogen-bond acceptors (Lipinski definition) is 4. The van der Waals surface area contributed by atoms with E-state index in [1.54, 1.807) is 0 Å². The Morgan fingerprint density at radius 1 is 0.303 bits per heavy atom. The van der Waals surface area contributed by atoms with Gasteiger partial charge in [0.05, 0.1) is 0 Å². The molecule has 2 heterocycles. The molecule has 12 aromatic rings.